The molecule has 0 spiro atoms. The number of nitrogens with zero attached hydrogens (tertiary/aromatic N) is 2. The predicted molar refractivity (Wildman–Crippen MR) is 79.8 cm³/mol. The van der Waals surface area contributed by atoms with E-state index in [0.29, 0.717) is 5.75 Å². The number of piperazine rings is 1. The van der Waals surface area contributed by atoms with Gasteiger partial charge in [-0.2, -0.15) is 0 Å². The van der Waals surface area contributed by atoms with Crippen LogP contribution in [0.4, 0.5) is 0 Å². The van der Waals surface area contributed by atoms with E-state index in [1.165, 1.54) is 20.0 Å². The Labute approximate surface area is 125 Å². The van der Waals surface area contributed by atoms with Gasteiger partial charge in [0.25, 0.3) is 0 Å². The van der Waals surface area contributed by atoms with Crippen LogP contribution < -0.4 is 4.74 Å². The van der Waals surface area contributed by atoms with E-state index in [1.54, 1.807) is 6.07 Å². The van der Waals surface area contributed by atoms with E-state index in [4.69, 9.17) is 9.84 Å². The molecule has 2 fully saturated rings. The Balaban J connectivity index is 1.61. The molecule has 1 aliphatic heterocycles. The van der Waals surface area contributed by atoms with Crippen molar-refractivity contribution in [3.05, 3.63) is 29.3 Å². The van der Waals surface area contributed by atoms with Gasteiger partial charge in [0.05, 0.1) is 7.11 Å². The van der Waals surface area contributed by atoms with E-state index in [2.05, 4.69) is 9.80 Å². The number of ether oxygens (including phenoxy) is 1. The van der Waals surface area contributed by atoms with Crippen LogP contribution in [0.5, 0.6) is 5.75 Å². The summed E-state index contributed by atoms with van der Waals surface area (Å²) in [6.07, 6.45) is 2.74. The summed E-state index contributed by atoms with van der Waals surface area (Å²) in [5, 5.41) is 9.10. The molecule has 1 saturated heterocycles. The Morgan fingerprint density at radius 3 is 2.57 bits per heavy atom. The van der Waals surface area contributed by atoms with E-state index in [9.17, 15) is 4.79 Å². The molecule has 0 bridgehead atoms. The molecule has 3 rings (SSSR count). The summed E-state index contributed by atoms with van der Waals surface area (Å²) in [5.74, 6) is -0.506. The number of aromatic carboxylic acids is 1. The van der Waals surface area contributed by atoms with Crippen LogP contribution in [0.25, 0.3) is 0 Å². The van der Waals surface area contributed by atoms with Crippen LogP contribution in [0.2, 0.25) is 0 Å². The summed E-state index contributed by atoms with van der Waals surface area (Å²) >= 11 is 0. The van der Waals surface area contributed by atoms with Crippen LogP contribution in [0, 0.1) is 0 Å². The Bertz CT molecular complexity index is 520. The lowest BCUT2D eigenvalue weighted by Gasteiger charge is -2.34. The number of hydrogen-bond donors (Lipinski definition) is 1. The minimum absolute atomic E-state index is 0.222. The van der Waals surface area contributed by atoms with E-state index >= 15 is 0 Å². The highest BCUT2D eigenvalue weighted by Crippen LogP contribution is 2.28. The molecule has 1 N–H and O–H groups in total. The molecule has 0 radical (unpaired) electrons. The maximum Gasteiger partial charge on any atom is 0.339 e. The Morgan fingerprint density at radius 1 is 1.29 bits per heavy atom. The summed E-state index contributed by atoms with van der Waals surface area (Å²) in [5.41, 5.74) is 1.33. The van der Waals surface area contributed by atoms with Crippen molar-refractivity contribution in [3.8, 4) is 5.75 Å². The number of hydrogen-bond acceptors (Lipinski definition) is 4. The van der Waals surface area contributed by atoms with Gasteiger partial charge < -0.3 is 9.84 Å². The first-order valence-electron chi connectivity index (χ1n) is 7.54. The molecule has 1 aliphatic carbocycles. The van der Waals surface area contributed by atoms with Crippen LogP contribution >= 0.6 is 0 Å². The fraction of sp³-hybridized carbons (Fsp3) is 0.562. The third-order valence-electron chi connectivity index (χ3n) is 4.37. The van der Waals surface area contributed by atoms with Gasteiger partial charge in [0.15, 0.2) is 0 Å². The van der Waals surface area contributed by atoms with Crippen molar-refractivity contribution in [1.82, 2.24) is 9.80 Å². The lowest BCUT2D eigenvalue weighted by molar-refractivity contribution is 0.0693. The van der Waals surface area contributed by atoms with Gasteiger partial charge in [-0.15, -0.1) is 0 Å². The zero-order valence-corrected chi connectivity index (χ0v) is 12.4. The largest absolute Gasteiger partial charge is 0.496 e. The molecule has 114 valence electrons. The van der Waals surface area contributed by atoms with Crippen LogP contribution in [0.1, 0.15) is 28.8 Å². The number of carboxylic acids is 1. The molecule has 5 nitrogen and oxygen atoms in total. The minimum atomic E-state index is -0.948. The zero-order chi connectivity index (χ0) is 14.8. The van der Waals surface area contributed by atoms with Crippen molar-refractivity contribution < 1.29 is 14.6 Å². The highest BCUT2D eigenvalue weighted by atomic mass is 16.5. The Morgan fingerprint density at radius 2 is 2.00 bits per heavy atom. The molecule has 1 aromatic rings. The van der Waals surface area contributed by atoms with Gasteiger partial charge >= 0.3 is 5.97 Å². The smallest absolute Gasteiger partial charge is 0.339 e. The Hall–Kier alpha value is -1.59. The summed E-state index contributed by atoms with van der Waals surface area (Å²) in [6.45, 7) is 5.32. The van der Waals surface area contributed by atoms with Gasteiger partial charge in [0.1, 0.15) is 11.3 Å². The van der Waals surface area contributed by atoms with Crippen molar-refractivity contribution in [1.29, 1.82) is 0 Å². The van der Waals surface area contributed by atoms with Gasteiger partial charge in [-0.1, -0.05) is 6.07 Å². The summed E-state index contributed by atoms with van der Waals surface area (Å²) < 4.78 is 5.19. The van der Waals surface area contributed by atoms with Crippen molar-refractivity contribution in [2.45, 2.75) is 25.4 Å². The molecule has 1 aromatic carbocycles. The molecule has 0 unspecified atom stereocenters. The van der Waals surface area contributed by atoms with Crippen LogP contribution in [-0.2, 0) is 6.54 Å². The quantitative estimate of drug-likeness (QED) is 0.894. The summed E-state index contributed by atoms with van der Waals surface area (Å²) in [6, 6.07) is 6.22. The van der Waals surface area contributed by atoms with Crippen molar-refractivity contribution in [2.75, 3.05) is 33.3 Å². The average Bonchev–Trinajstić information content (AvgIpc) is 3.32. The van der Waals surface area contributed by atoms with Crippen LogP contribution in [-0.4, -0.2) is 60.2 Å². The molecule has 2 aliphatic rings. The SMILES string of the molecule is COc1cc(CN2CCN(C3CC3)CC2)ccc1C(=O)O. The Kier molecular flexibility index (Phi) is 4.12. The van der Waals surface area contributed by atoms with Gasteiger partial charge in [0, 0.05) is 38.8 Å². The fourth-order valence-electron chi connectivity index (χ4n) is 3.00. The van der Waals surface area contributed by atoms with E-state index < -0.39 is 5.97 Å². The molecule has 5 heteroatoms. The molecule has 0 amide bonds. The maximum atomic E-state index is 11.1. The minimum Gasteiger partial charge on any atom is -0.496 e. The van der Waals surface area contributed by atoms with E-state index in [0.717, 1.165) is 44.3 Å². The van der Waals surface area contributed by atoms with Gasteiger partial charge in [-0.05, 0) is 30.5 Å². The van der Waals surface area contributed by atoms with Gasteiger partial charge in [-0.25, -0.2) is 4.79 Å². The van der Waals surface area contributed by atoms with E-state index in [-0.39, 0.29) is 5.56 Å². The topological polar surface area (TPSA) is 53.0 Å². The molecule has 1 saturated carbocycles. The van der Waals surface area contributed by atoms with Crippen molar-refractivity contribution >= 4 is 5.97 Å². The second kappa shape index (κ2) is 6.03. The number of methoxy groups -OCH3 is 1. The van der Waals surface area contributed by atoms with Crippen LogP contribution in [0.15, 0.2) is 18.2 Å². The maximum absolute atomic E-state index is 11.1. The zero-order valence-electron chi connectivity index (χ0n) is 12.4. The molecule has 0 atom stereocenters. The fourth-order valence-corrected chi connectivity index (χ4v) is 3.00. The molecule has 0 aromatic heterocycles. The third-order valence-corrected chi connectivity index (χ3v) is 4.37. The first kappa shape index (κ1) is 14.4. The van der Waals surface area contributed by atoms with E-state index in [1.807, 2.05) is 12.1 Å². The standard InChI is InChI=1S/C16H22N2O3/c1-21-15-10-12(2-5-14(15)16(19)20)11-17-6-8-18(9-7-17)13-3-4-13/h2,5,10,13H,3-4,6-9,11H2,1H3,(H,19,20). The second-order valence-electron chi connectivity index (χ2n) is 5.88. The lowest BCUT2D eigenvalue weighted by Crippen LogP contribution is -2.46. The number of rotatable bonds is 5. The molecule has 1 heterocycles. The summed E-state index contributed by atoms with van der Waals surface area (Å²) in [7, 11) is 1.51. The van der Waals surface area contributed by atoms with Gasteiger partial charge in [-0.3, -0.25) is 9.80 Å². The van der Waals surface area contributed by atoms with Crippen LogP contribution in [0.3, 0.4) is 0 Å². The number of carboxylic acid groups (broad SMARTS) is 1. The lowest BCUT2D eigenvalue weighted by atomic mass is 10.1. The van der Waals surface area contributed by atoms with Gasteiger partial charge in [0.2, 0.25) is 0 Å². The normalized spacial score (nSPS) is 20.4. The monoisotopic (exact) mass is 290 g/mol. The first-order chi connectivity index (χ1) is 10.2. The summed E-state index contributed by atoms with van der Waals surface area (Å²) in [4.78, 5) is 16.1. The number of carbonyl (C=O) groups is 1. The number of benzene rings is 1. The average molecular weight is 290 g/mol. The van der Waals surface area contributed by atoms with Crippen molar-refractivity contribution in [2.24, 2.45) is 0 Å². The van der Waals surface area contributed by atoms with Crippen molar-refractivity contribution in [3.63, 3.8) is 0 Å². The third kappa shape index (κ3) is 3.36. The highest BCUT2D eigenvalue weighted by Gasteiger charge is 2.31. The molecular formula is C16H22N2O3. The molecular weight excluding hydrogens is 268 g/mol. The predicted octanol–water partition coefficient (Wildman–Crippen LogP) is 1.67. The second-order valence-corrected chi connectivity index (χ2v) is 5.88. The molecule has 21 heavy (non-hydrogen) atoms. The highest BCUT2D eigenvalue weighted by molar-refractivity contribution is 5.90. The first-order valence-corrected chi connectivity index (χ1v) is 7.54.